The Morgan fingerprint density at radius 3 is 3.04 bits per heavy atom. The van der Waals surface area contributed by atoms with Crippen LogP contribution < -0.4 is 5.32 Å². The zero-order chi connectivity index (χ0) is 15.7. The van der Waals surface area contributed by atoms with Gasteiger partial charge >= 0.3 is 0 Å². The van der Waals surface area contributed by atoms with Gasteiger partial charge < -0.3 is 10.1 Å². The first kappa shape index (κ1) is 15.1. The molecule has 2 atom stereocenters. The molecule has 2 saturated heterocycles. The second-order valence-corrected chi connectivity index (χ2v) is 7.96. The lowest BCUT2D eigenvalue weighted by Gasteiger charge is -2.23. The molecular formula is C17H22N4OS. The van der Waals surface area contributed by atoms with E-state index in [0.29, 0.717) is 12.0 Å². The lowest BCUT2D eigenvalue weighted by Crippen LogP contribution is -2.33. The van der Waals surface area contributed by atoms with Gasteiger partial charge in [0.25, 0.3) is 0 Å². The van der Waals surface area contributed by atoms with Crippen LogP contribution in [-0.2, 0) is 11.3 Å². The van der Waals surface area contributed by atoms with Crippen LogP contribution in [0.25, 0.3) is 0 Å². The molecule has 6 heteroatoms. The first-order chi connectivity index (χ1) is 11.2. The minimum atomic E-state index is 0.0126. The molecule has 4 rings (SSSR count). The van der Waals surface area contributed by atoms with Crippen molar-refractivity contribution in [3.8, 4) is 0 Å². The average Bonchev–Trinajstić information content (AvgIpc) is 3.24. The number of likely N-dealkylation sites (tertiary alicyclic amines) is 1. The highest BCUT2D eigenvalue weighted by atomic mass is 32.1. The molecule has 1 spiro atoms. The van der Waals surface area contributed by atoms with E-state index in [1.54, 1.807) is 12.4 Å². The third kappa shape index (κ3) is 3.39. The number of aromatic nitrogens is 2. The fourth-order valence-electron chi connectivity index (χ4n) is 3.63. The Morgan fingerprint density at radius 2 is 2.26 bits per heavy atom. The van der Waals surface area contributed by atoms with Gasteiger partial charge in [0.2, 0.25) is 5.95 Å². The van der Waals surface area contributed by atoms with Gasteiger partial charge in [-0.1, -0.05) is 0 Å². The number of ether oxygens (including phenoxy) is 1. The van der Waals surface area contributed by atoms with Crippen molar-refractivity contribution in [2.75, 3.05) is 25.0 Å². The predicted molar refractivity (Wildman–Crippen MR) is 91.7 cm³/mol. The highest BCUT2D eigenvalue weighted by Gasteiger charge is 2.45. The maximum atomic E-state index is 6.20. The van der Waals surface area contributed by atoms with Crippen LogP contribution in [0.5, 0.6) is 0 Å². The molecule has 0 radical (unpaired) electrons. The Bertz CT molecular complexity index is 662. The summed E-state index contributed by atoms with van der Waals surface area (Å²) in [6.07, 6.45) is 5.68. The molecule has 2 aromatic heterocycles. The highest BCUT2D eigenvalue weighted by molar-refractivity contribution is 7.11. The number of thiophene rings is 1. The van der Waals surface area contributed by atoms with Gasteiger partial charge in [-0.3, -0.25) is 4.90 Å². The van der Waals surface area contributed by atoms with E-state index < -0.39 is 0 Å². The number of aryl methyl sites for hydroxylation is 1. The van der Waals surface area contributed by atoms with Crippen LogP contribution >= 0.6 is 11.3 Å². The SMILES string of the molecule is Cc1ccc(CN2CCC3(CC(Nc4ncccn4)CO3)C2)s1. The molecule has 122 valence electrons. The molecule has 2 aromatic rings. The predicted octanol–water partition coefficient (Wildman–Crippen LogP) is 2.69. The van der Waals surface area contributed by atoms with Crippen molar-refractivity contribution >= 4 is 17.3 Å². The molecule has 2 fully saturated rings. The Morgan fingerprint density at radius 1 is 1.39 bits per heavy atom. The van der Waals surface area contributed by atoms with E-state index in [-0.39, 0.29) is 5.60 Å². The lowest BCUT2D eigenvalue weighted by atomic mass is 9.97. The Kier molecular flexibility index (Phi) is 4.05. The van der Waals surface area contributed by atoms with Crippen molar-refractivity contribution in [3.05, 3.63) is 40.3 Å². The van der Waals surface area contributed by atoms with Crippen molar-refractivity contribution < 1.29 is 4.74 Å². The maximum Gasteiger partial charge on any atom is 0.222 e. The second-order valence-electron chi connectivity index (χ2n) is 6.58. The van der Waals surface area contributed by atoms with Crippen molar-refractivity contribution in [1.82, 2.24) is 14.9 Å². The summed E-state index contributed by atoms with van der Waals surface area (Å²) in [5.41, 5.74) is 0.0126. The molecule has 0 bridgehead atoms. The summed E-state index contributed by atoms with van der Waals surface area (Å²) < 4.78 is 6.20. The number of nitrogens with zero attached hydrogens (tertiary/aromatic N) is 3. The van der Waals surface area contributed by atoms with Crippen LogP contribution in [0.2, 0.25) is 0 Å². The topological polar surface area (TPSA) is 50.3 Å². The van der Waals surface area contributed by atoms with E-state index in [1.807, 2.05) is 17.4 Å². The molecule has 2 unspecified atom stereocenters. The quantitative estimate of drug-likeness (QED) is 0.934. The first-order valence-electron chi connectivity index (χ1n) is 8.16. The first-order valence-corrected chi connectivity index (χ1v) is 8.98. The number of rotatable bonds is 4. The summed E-state index contributed by atoms with van der Waals surface area (Å²) in [5, 5.41) is 3.40. The van der Waals surface area contributed by atoms with Crippen LogP contribution in [0, 0.1) is 6.92 Å². The molecule has 5 nitrogen and oxygen atoms in total. The van der Waals surface area contributed by atoms with E-state index >= 15 is 0 Å². The molecule has 2 aliphatic rings. The average molecular weight is 330 g/mol. The van der Waals surface area contributed by atoms with Gasteiger partial charge in [-0.05, 0) is 31.5 Å². The van der Waals surface area contributed by atoms with Crippen molar-refractivity contribution in [1.29, 1.82) is 0 Å². The van der Waals surface area contributed by atoms with Gasteiger partial charge in [0.15, 0.2) is 0 Å². The van der Waals surface area contributed by atoms with Crippen molar-refractivity contribution in [2.24, 2.45) is 0 Å². The zero-order valence-electron chi connectivity index (χ0n) is 13.4. The number of hydrogen-bond acceptors (Lipinski definition) is 6. The summed E-state index contributed by atoms with van der Waals surface area (Å²) in [5.74, 6) is 0.696. The van der Waals surface area contributed by atoms with Gasteiger partial charge in [0.05, 0.1) is 18.2 Å². The monoisotopic (exact) mass is 330 g/mol. The van der Waals surface area contributed by atoms with Gasteiger partial charge in [0.1, 0.15) is 0 Å². The normalized spacial score (nSPS) is 27.8. The van der Waals surface area contributed by atoms with Gasteiger partial charge in [0, 0.05) is 48.2 Å². The van der Waals surface area contributed by atoms with E-state index in [2.05, 4.69) is 39.2 Å². The number of nitrogens with one attached hydrogen (secondary N) is 1. The van der Waals surface area contributed by atoms with Gasteiger partial charge in [-0.15, -0.1) is 11.3 Å². The smallest absolute Gasteiger partial charge is 0.222 e. The standard InChI is InChI=1S/C17H22N4OS/c1-13-3-4-15(23-13)10-21-8-5-17(12-21)9-14(11-22-17)20-16-18-6-2-7-19-16/h2-4,6-7,14H,5,8-12H2,1H3,(H,18,19,20). The van der Waals surface area contributed by atoms with Crippen LogP contribution in [0.15, 0.2) is 30.6 Å². The molecule has 23 heavy (non-hydrogen) atoms. The largest absolute Gasteiger partial charge is 0.371 e. The second kappa shape index (κ2) is 6.19. The Balaban J connectivity index is 1.34. The Labute approximate surface area is 140 Å². The summed E-state index contributed by atoms with van der Waals surface area (Å²) >= 11 is 1.90. The fraction of sp³-hybridized carbons (Fsp3) is 0.529. The third-order valence-electron chi connectivity index (χ3n) is 4.68. The van der Waals surface area contributed by atoms with E-state index in [1.165, 1.54) is 9.75 Å². The fourth-order valence-corrected chi connectivity index (χ4v) is 4.56. The van der Waals surface area contributed by atoms with E-state index in [0.717, 1.165) is 39.1 Å². The maximum absolute atomic E-state index is 6.20. The van der Waals surface area contributed by atoms with Gasteiger partial charge in [-0.25, -0.2) is 9.97 Å². The Hall–Kier alpha value is -1.50. The summed E-state index contributed by atoms with van der Waals surface area (Å²) in [6.45, 7) is 6.10. The zero-order valence-corrected chi connectivity index (χ0v) is 14.2. The summed E-state index contributed by atoms with van der Waals surface area (Å²) in [7, 11) is 0. The van der Waals surface area contributed by atoms with E-state index in [9.17, 15) is 0 Å². The third-order valence-corrected chi connectivity index (χ3v) is 5.66. The van der Waals surface area contributed by atoms with Crippen LogP contribution in [0.4, 0.5) is 5.95 Å². The molecule has 0 amide bonds. The molecule has 0 saturated carbocycles. The summed E-state index contributed by atoms with van der Waals surface area (Å²) in [6, 6.07) is 6.59. The van der Waals surface area contributed by atoms with E-state index in [4.69, 9.17) is 4.74 Å². The van der Waals surface area contributed by atoms with Crippen LogP contribution in [0.1, 0.15) is 22.6 Å². The molecule has 0 aromatic carbocycles. The van der Waals surface area contributed by atoms with Crippen molar-refractivity contribution in [2.45, 2.75) is 38.0 Å². The minimum absolute atomic E-state index is 0.0126. The molecule has 0 aliphatic carbocycles. The van der Waals surface area contributed by atoms with Crippen LogP contribution in [-0.4, -0.2) is 46.2 Å². The van der Waals surface area contributed by atoms with Crippen LogP contribution in [0.3, 0.4) is 0 Å². The highest BCUT2D eigenvalue weighted by Crippen LogP contribution is 2.36. The lowest BCUT2D eigenvalue weighted by molar-refractivity contribution is 0.0120. The van der Waals surface area contributed by atoms with Gasteiger partial charge in [-0.2, -0.15) is 0 Å². The molecule has 1 N–H and O–H groups in total. The minimum Gasteiger partial charge on any atom is -0.371 e. The molecular weight excluding hydrogens is 308 g/mol. The molecule has 4 heterocycles. The number of hydrogen-bond donors (Lipinski definition) is 1. The number of anilines is 1. The molecule has 2 aliphatic heterocycles. The summed E-state index contributed by atoms with van der Waals surface area (Å²) in [4.78, 5) is 13.8. The van der Waals surface area contributed by atoms with Crippen molar-refractivity contribution in [3.63, 3.8) is 0 Å².